The highest BCUT2D eigenvalue weighted by Crippen LogP contribution is 2.25. The predicted molar refractivity (Wildman–Crippen MR) is 129 cm³/mol. The minimum absolute atomic E-state index is 0.256. The number of urea groups is 1. The summed E-state index contributed by atoms with van der Waals surface area (Å²) in [4.78, 5) is 28.3. The number of nitrogens with zero attached hydrogens (tertiary/aromatic N) is 5. The second-order valence-corrected chi connectivity index (χ2v) is 10.6. The van der Waals surface area contributed by atoms with Gasteiger partial charge >= 0.3 is 12.1 Å². The molecular formula is C21H27N7O3S2. The fraction of sp³-hybridized carbons (Fsp3) is 0.476. The molecule has 0 radical (unpaired) electrons. The van der Waals surface area contributed by atoms with E-state index < -0.39 is 11.6 Å². The van der Waals surface area contributed by atoms with Gasteiger partial charge in [-0.1, -0.05) is 23.1 Å². The SMILES string of the molecule is CC(C)(C)OC(=O)N1CCN(CCSc2nnc(NC(=O)Nc3ccc(C#N)cc3)s2)CC1. The zero-order valence-electron chi connectivity index (χ0n) is 18.8. The van der Waals surface area contributed by atoms with Crippen molar-refractivity contribution in [3.8, 4) is 6.07 Å². The zero-order valence-corrected chi connectivity index (χ0v) is 20.5. The number of amides is 3. The molecule has 0 saturated carbocycles. The van der Waals surface area contributed by atoms with E-state index in [4.69, 9.17) is 10.00 Å². The summed E-state index contributed by atoms with van der Waals surface area (Å²) in [6.07, 6.45) is -0.256. The van der Waals surface area contributed by atoms with Crippen molar-refractivity contribution in [3.05, 3.63) is 29.8 Å². The van der Waals surface area contributed by atoms with E-state index in [1.807, 2.05) is 26.8 Å². The number of nitrogens with one attached hydrogen (secondary N) is 2. The molecule has 1 aliphatic heterocycles. The second kappa shape index (κ2) is 11.3. The van der Waals surface area contributed by atoms with Crippen LogP contribution in [0.3, 0.4) is 0 Å². The third-order valence-electron chi connectivity index (χ3n) is 4.56. The van der Waals surface area contributed by atoms with Crippen LogP contribution in [-0.4, -0.2) is 76.2 Å². The predicted octanol–water partition coefficient (Wildman–Crippen LogP) is 3.70. The Morgan fingerprint density at radius 1 is 1.15 bits per heavy atom. The van der Waals surface area contributed by atoms with Crippen molar-refractivity contribution >= 4 is 46.0 Å². The molecule has 3 rings (SSSR count). The molecule has 2 N–H and O–H groups in total. The molecule has 3 amide bonds. The van der Waals surface area contributed by atoms with E-state index in [0.29, 0.717) is 29.5 Å². The van der Waals surface area contributed by atoms with Crippen LogP contribution in [0.25, 0.3) is 0 Å². The molecule has 1 aromatic carbocycles. The maximum atomic E-state index is 12.1. The van der Waals surface area contributed by atoms with Gasteiger partial charge in [0.1, 0.15) is 5.60 Å². The number of hydrogen-bond donors (Lipinski definition) is 2. The van der Waals surface area contributed by atoms with Crippen LogP contribution in [-0.2, 0) is 4.74 Å². The van der Waals surface area contributed by atoms with Crippen molar-refractivity contribution in [2.75, 3.05) is 49.1 Å². The van der Waals surface area contributed by atoms with Crippen LogP contribution in [0.1, 0.15) is 26.3 Å². The topological polar surface area (TPSA) is 123 Å². The molecule has 33 heavy (non-hydrogen) atoms. The van der Waals surface area contributed by atoms with Gasteiger partial charge in [-0.05, 0) is 45.0 Å². The molecule has 12 heteroatoms. The van der Waals surface area contributed by atoms with Crippen LogP contribution < -0.4 is 10.6 Å². The summed E-state index contributed by atoms with van der Waals surface area (Å²) in [5, 5.41) is 22.7. The van der Waals surface area contributed by atoms with Crippen LogP contribution in [0.2, 0.25) is 0 Å². The number of piperazine rings is 1. The van der Waals surface area contributed by atoms with E-state index >= 15 is 0 Å². The smallest absolute Gasteiger partial charge is 0.410 e. The van der Waals surface area contributed by atoms with Gasteiger partial charge in [0.2, 0.25) is 5.13 Å². The summed E-state index contributed by atoms with van der Waals surface area (Å²) in [5.74, 6) is 0.832. The van der Waals surface area contributed by atoms with Gasteiger partial charge in [-0.3, -0.25) is 10.2 Å². The highest BCUT2D eigenvalue weighted by atomic mass is 32.2. The Labute approximate surface area is 201 Å². The van der Waals surface area contributed by atoms with Gasteiger partial charge in [-0.15, -0.1) is 10.2 Å². The molecule has 0 unspecified atom stereocenters. The lowest BCUT2D eigenvalue weighted by atomic mass is 10.2. The van der Waals surface area contributed by atoms with E-state index in [-0.39, 0.29) is 6.09 Å². The highest BCUT2D eigenvalue weighted by Gasteiger charge is 2.25. The van der Waals surface area contributed by atoms with Gasteiger partial charge in [0.25, 0.3) is 0 Å². The van der Waals surface area contributed by atoms with E-state index in [0.717, 1.165) is 29.7 Å². The first kappa shape index (κ1) is 24.8. The summed E-state index contributed by atoms with van der Waals surface area (Å²) in [7, 11) is 0. The summed E-state index contributed by atoms with van der Waals surface area (Å²) in [6, 6.07) is 8.19. The molecule has 1 aliphatic rings. The number of aromatic nitrogens is 2. The van der Waals surface area contributed by atoms with E-state index in [1.54, 1.807) is 40.9 Å². The van der Waals surface area contributed by atoms with Crippen LogP contribution >= 0.6 is 23.1 Å². The van der Waals surface area contributed by atoms with Crippen molar-refractivity contribution in [2.24, 2.45) is 0 Å². The molecule has 0 spiro atoms. The number of nitriles is 1. The number of hydrogen-bond acceptors (Lipinski definition) is 9. The molecular weight excluding hydrogens is 462 g/mol. The average Bonchev–Trinajstić information content (AvgIpc) is 3.20. The van der Waals surface area contributed by atoms with Gasteiger partial charge < -0.3 is 15.0 Å². The van der Waals surface area contributed by atoms with E-state index in [1.165, 1.54) is 11.3 Å². The Kier molecular flexibility index (Phi) is 8.49. The first-order chi connectivity index (χ1) is 15.7. The molecule has 0 bridgehead atoms. The maximum Gasteiger partial charge on any atom is 0.410 e. The quantitative estimate of drug-likeness (QED) is 0.465. The minimum atomic E-state index is -0.482. The Balaban J connectivity index is 1.35. The highest BCUT2D eigenvalue weighted by molar-refractivity contribution is 8.01. The van der Waals surface area contributed by atoms with Crippen molar-refractivity contribution in [1.82, 2.24) is 20.0 Å². The third kappa shape index (κ3) is 8.20. The lowest BCUT2D eigenvalue weighted by Gasteiger charge is -2.35. The van der Waals surface area contributed by atoms with Gasteiger partial charge in [0.15, 0.2) is 4.34 Å². The Hall–Kier alpha value is -2.88. The lowest BCUT2D eigenvalue weighted by Crippen LogP contribution is -2.50. The molecule has 176 valence electrons. The van der Waals surface area contributed by atoms with Crippen LogP contribution in [0.15, 0.2) is 28.6 Å². The molecule has 1 fully saturated rings. The number of carbonyl (C=O) groups excluding carboxylic acids is 2. The molecule has 1 saturated heterocycles. The van der Waals surface area contributed by atoms with E-state index in [2.05, 4.69) is 25.7 Å². The number of rotatable bonds is 6. The summed E-state index contributed by atoms with van der Waals surface area (Å²) < 4.78 is 6.20. The number of carbonyl (C=O) groups is 2. The number of benzene rings is 1. The zero-order chi connectivity index (χ0) is 23.8. The molecule has 0 aliphatic carbocycles. The van der Waals surface area contributed by atoms with Gasteiger partial charge in [0, 0.05) is 44.2 Å². The third-order valence-corrected chi connectivity index (χ3v) is 6.51. The summed E-state index contributed by atoms with van der Waals surface area (Å²) in [5.41, 5.74) is 0.624. The van der Waals surface area contributed by atoms with Gasteiger partial charge in [-0.2, -0.15) is 5.26 Å². The lowest BCUT2D eigenvalue weighted by molar-refractivity contribution is 0.0150. The second-order valence-electron chi connectivity index (χ2n) is 8.30. The fourth-order valence-electron chi connectivity index (χ4n) is 2.95. The van der Waals surface area contributed by atoms with Crippen molar-refractivity contribution in [1.29, 1.82) is 5.26 Å². The van der Waals surface area contributed by atoms with Crippen LogP contribution in [0.4, 0.5) is 20.4 Å². The number of thioether (sulfide) groups is 1. The first-order valence-electron chi connectivity index (χ1n) is 10.5. The van der Waals surface area contributed by atoms with Crippen molar-refractivity contribution in [2.45, 2.75) is 30.7 Å². The van der Waals surface area contributed by atoms with Crippen LogP contribution in [0, 0.1) is 11.3 Å². The Morgan fingerprint density at radius 2 is 1.85 bits per heavy atom. The Morgan fingerprint density at radius 3 is 2.48 bits per heavy atom. The molecule has 2 heterocycles. The fourth-order valence-corrected chi connectivity index (χ4v) is 4.77. The molecule has 1 aromatic heterocycles. The number of anilines is 2. The van der Waals surface area contributed by atoms with Gasteiger partial charge in [0.05, 0.1) is 11.6 Å². The monoisotopic (exact) mass is 489 g/mol. The summed E-state index contributed by atoms with van der Waals surface area (Å²) in [6.45, 7) is 9.39. The first-order valence-corrected chi connectivity index (χ1v) is 12.3. The summed E-state index contributed by atoms with van der Waals surface area (Å²) >= 11 is 2.89. The Bertz CT molecular complexity index is 991. The molecule has 10 nitrogen and oxygen atoms in total. The average molecular weight is 490 g/mol. The maximum absolute atomic E-state index is 12.1. The van der Waals surface area contributed by atoms with E-state index in [9.17, 15) is 9.59 Å². The molecule has 0 atom stereocenters. The standard InChI is InChI=1S/C21H27N7O3S2/c1-21(2,3)31-20(30)28-10-8-27(9-11-28)12-13-32-19-26-25-18(33-19)24-17(29)23-16-6-4-15(14-22)5-7-16/h4-7H,8-13H2,1-3H3,(H2,23,24,25,29). The van der Waals surface area contributed by atoms with Crippen molar-refractivity contribution in [3.63, 3.8) is 0 Å². The largest absolute Gasteiger partial charge is 0.444 e. The number of ether oxygens (including phenoxy) is 1. The minimum Gasteiger partial charge on any atom is -0.444 e. The van der Waals surface area contributed by atoms with Crippen molar-refractivity contribution < 1.29 is 14.3 Å². The normalized spacial score (nSPS) is 14.4. The molecule has 2 aromatic rings. The van der Waals surface area contributed by atoms with Gasteiger partial charge in [-0.25, -0.2) is 9.59 Å². The van der Waals surface area contributed by atoms with Crippen LogP contribution in [0.5, 0.6) is 0 Å².